The molecule has 2 aliphatic rings. The lowest BCUT2D eigenvalue weighted by Crippen LogP contribution is -2.26. The monoisotopic (exact) mass is 167 g/mol. The second kappa shape index (κ2) is 3.78. The van der Waals surface area contributed by atoms with Crippen molar-refractivity contribution < 1.29 is 0 Å². The SMILES string of the molecule is CC(CNC1CC1)C1CCCC1. The Balaban J connectivity index is 1.64. The van der Waals surface area contributed by atoms with Crippen LogP contribution >= 0.6 is 0 Å². The van der Waals surface area contributed by atoms with Gasteiger partial charge in [0.25, 0.3) is 0 Å². The summed E-state index contributed by atoms with van der Waals surface area (Å²) in [6, 6.07) is 0.897. The number of rotatable bonds is 4. The molecule has 2 fully saturated rings. The lowest BCUT2D eigenvalue weighted by molar-refractivity contribution is 0.348. The summed E-state index contributed by atoms with van der Waals surface area (Å²) in [5.74, 6) is 1.96. The molecule has 0 aromatic heterocycles. The molecule has 0 spiro atoms. The highest BCUT2D eigenvalue weighted by Gasteiger charge is 2.25. The zero-order chi connectivity index (χ0) is 8.39. The standard InChI is InChI=1S/C11H21N/c1-9(8-12-11-6-7-11)10-4-2-3-5-10/h9-12H,2-8H2,1H3. The van der Waals surface area contributed by atoms with E-state index in [1.165, 1.54) is 45.1 Å². The summed E-state index contributed by atoms with van der Waals surface area (Å²) in [7, 11) is 0. The van der Waals surface area contributed by atoms with Gasteiger partial charge >= 0.3 is 0 Å². The molecular formula is C11H21N. The third-order valence-electron chi connectivity index (χ3n) is 3.51. The van der Waals surface area contributed by atoms with Gasteiger partial charge in [-0.15, -0.1) is 0 Å². The summed E-state index contributed by atoms with van der Waals surface area (Å²) in [5.41, 5.74) is 0. The van der Waals surface area contributed by atoms with Crippen LogP contribution in [0.2, 0.25) is 0 Å². The Morgan fingerprint density at radius 1 is 1.17 bits per heavy atom. The minimum absolute atomic E-state index is 0.897. The molecule has 1 nitrogen and oxygen atoms in total. The van der Waals surface area contributed by atoms with Crippen LogP contribution in [0, 0.1) is 11.8 Å². The average molecular weight is 167 g/mol. The molecule has 1 N–H and O–H groups in total. The van der Waals surface area contributed by atoms with Crippen molar-refractivity contribution in [2.24, 2.45) is 11.8 Å². The summed E-state index contributed by atoms with van der Waals surface area (Å²) in [5, 5.41) is 3.63. The van der Waals surface area contributed by atoms with Crippen molar-refractivity contribution in [1.82, 2.24) is 5.32 Å². The van der Waals surface area contributed by atoms with E-state index in [1.807, 2.05) is 0 Å². The highest BCUT2D eigenvalue weighted by molar-refractivity contribution is 4.83. The van der Waals surface area contributed by atoms with Gasteiger partial charge < -0.3 is 5.32 Å². The summed E-state index contributed by atoms with van der Waals surface area (Å²) in [6.07, 6.45) is 8.81. The number of hydrogen-bond acceptors (Lipinski definition) is 1. The fourth-order valence-electron chi connectivity index (χ4n) is 2.33. The molecule has 1 heteroatoms. The van der Waals surface area contributed by atoms with Gasteiger partial charge in [-0.3, -0.25) is 0 Å². The summed E-state index contributed by atoms with van der Waals surface area (Å²) in [4.78, 5) is 0. The molecule has 0 saturated heterocycles. The minimum atomic E-state index is 0.897. The Labute approximate surface area is 75.9 Å². The van der Waals surface area contributed by atoms with Gasteiger partial charge in [0, 0.05) is 6.04 Å². The molecule has 12 heavy (non-hydrogen) atoms. The zero-order valence-corrected chi connectivity index (χ0v) is 8.18. The van der Waals surface area contributed by atoms with Crippen molar-refractivity contribution >= 4 is 0 Å². The quantitative estimate of drug-likeness (QED) is 0.678. The van der Waals surface area contributed by atoms with Gasteiger partial charge in [-0.25, -0.2) is 0 Å². The first-order valence-electron chi connectivity index (χ1n) is 5.59. The molecular weight excluding hydrogens is 146 g/mol. The van der Waals surface area contributed by atoms with Crippen LogP contribution in [-0.4, -0.2) is 12.6 Å². The number of hydrogen-bond donors (Lipinski definition) is 1. The van der Waals surface area contributed by atoms with Crippen LogP contribution in [0.3, 0.4) is 0 Å². The van der Waals surface area contributed by atoms with Crippen LogP contribution < -0.4 is 5.32 Å². The van der Waals surface area contributed by atoms with Crippen molar-refractivity contribution in [3.05, 3.63) is 0 Å². The molecule has 2 aliphatic carbocycles. The predicted molar refractivity (Wildman–Crippen MR) is 52.1 cm³/mol. The topological polar surface area (TPSA) is 12.0 Å². The van der Waals surface area contributed by atoms with E-state index in [0.717, 1.165) is 17.9 Å². The van der Waals surface area contributed by atoms with Crippen LogP contribution in [0.4, 0.5) is 0 Å². The van der Waals surface area contributed by atoms with Gasteiger partial charge in [-0.1, -0.05) is 32.6 Å². The van der Waals surface area contributed by atoms with Crippen molar-refractivity contribution in [2.75, 3.05) is 6.54 Å². The normalized spacial score (nSPS) is 27.8. The Hall–Kier alpha value is -0.0400. The first-order valence-corrected chi connectivity index (χ1v) is 5.59. The first-order chi connectivity index (χ1) is 5.86. The Morgan fingerprint density at radius 3 is 2.42 bits per heavy atom. The summed E-state index contributed by atoms with van der Waals surface area (Å²) in [6.45, 7) is 3.70. The molecule has 0 amide bonds. The number of nitrogens with one attached hydrogen (secondary N) is 1. The molecule has 0 heterocycles. The van der Waals surface area contributed by atoms with Crippen LogP contribution in [0.5, 0.6) is 0 Å². The van der Waals surface area contributed by atoms with Crippen molar-refractivity contribution in [2.45, 2.75) is 51.5 Å². The van der Waals surface area contributed by atoms with Gasteiger partial charge in [0.2, 0.25) is 0 Å². The van der Waals surface area contributed by atoms with Gasteiger partial charge in [0.1, 0.15) is 0 Å². The van der Waals surface area contributed by atoms with Gasteiger partial charge in [0.05, 0.1) is 0 Å². The molecule has 0 radical (unpaired) electrons. The third kappa shape index (κ3) is 2.22. The van der Waals surface area contributed by atoms with E-state index in [1.54, 1.807) is 0 Å². The molecule has 0 aliphatic heterocycles. The van der Waals surface area contributed by atoms with Gasteiger partial charge in [0.15, 0.2) is 0 Å². The second-order valence-electron chi connectivity index (χ2n) is 4.70. The molecule has 1 unspecified atom stereocenters. The fraction of sp³-hybridized carbons (Fsp3) is 1.00. The highest BCUT2D eigenvalue weighted by atomic mass is 14.9. The Kier molecular flexibility index (Phi) is 2.69. The van der Waals surface area contributed by atoms with E-state index < -0.39 is 0 Å². The maximum absolute atomic E-state index is 3.63. The molecule has 70 valence electrons. The fourth-order valence-corrected chi connectivity index (χ4v) is 2.33. The predicted octanol–water partition coefficient (Wildman–Crippen LogP) is 2.56. The maximum atomic E-state index is 3.63. The third-order valence-corrected chi connectivity index (χ3v) is 3.51. The Morgan fingerprint density at radius 2 is 1.83 bits per heavy atom. The summed E-state index contributed by atoms with van der Waals surface area (Å²) < 4.78 is 0. The van der Waals surface area contributed by atoms with Crippen molar-refractivity contribution in [3.63, 3.8) is 0 Å². The molecule has 1 atom stereocenters. The maximum Gasteiger partial charge on any atom is 0.00683 e. The molecule has 2 saturated carbocycles. The van der Waals surface area contributed by atoms with E-state index in [4.69, 9.17) is 0 Å². The van der Waals surface area contributed by atoms with E-state index >= 15 is 0 Å². The minimum Gasteiger partial charge on any atom is -0.314 e. The highest BCUT2D eigenvalue weighted by Crippen LogP contribution is 2.31. The summed E-state index contributed by atoms with van der Waals surface area (Å²) >= 11 is 0. The van der Waals surface area contributed by atoms with Crippen molar-refractivity contribution in [1.29, 1.82) is 0 Å². The van der Waals surface area contributed by atoms with Crippen LogP contribution in [0.25, 0.3) is 0 Å². The average Bonchev–Trinajstić information content (AvgIpc) is 2.74. The van der Waals surface area contributed by atoms with Gasteiger partial charge in [-0.2, -0.15) is 0 Å². The smallest absolute Gasteiger partial charge is 0.00683 e. The second-order valence-corrected chi connectivity index (χ2v) is 4.70. The first kappa shape index (κ1) is 8.55. The van der Waals surface area contributed by atoms with Gasteiger partial charge in [-0.05, 0) is 31.2 Å². The van der Waals surface area contributed by atoms with Crippen LogP contribution in [0.1, 0.15) is 45.4 Å². The zero-order valence-electron chi connectivity index (χ0n) is 8.18. The molecule has 0 aromatic carbocycles. The van der Waals surface area contributed by atoms with Crippen LogP contribution in [0.15, 0.2) is 0 Å². The van der Waals surface area contributed by atoms with E-state index in [9.17, 15) is 0 Å². The van der Waals surface area contributed by atoms with E-state index in [2.05, 4.69) is 12.2 Å². The largest absolute Gasteiger partial charge is 0.314 e. The molecule has 0 aromatic rings. The molecule has 2 rings (SSSR count). The van der Waals surface area contributed by atoms with E-state index in [0.29, 0.717) is 0 Å². The van der Waals surface area contributed by atoms with Crippen molar-refractivity contribution in [3.8, 4) is 0 Å². The molecule has 0 bridgehead atoms. The van der Waals surface area contributed by atoms with E-state index in [-0.39, 0.29) is 0 Å². The lowest BCUT2D eigenvalue weighted by Gasteiger charge is -2.18. The van der Waals surface area contributed by atoms with Crippen LogP contribution in [-0.2, 0) is 0 Å². The lowest BCUT2D eigenvalue weighted by atomic mass is 9.93. The Bertz CT molecular complexity index is 134.